The van der Waals surface area contributed by atoms with Crippen molar-refractivity contribution in [3.8, 4) is 0 Å². The molecule has 2 nitrogen and oxygen atoms in total. The van der Waals surface area contributed by atoms with Crippen LogP contribution in [0.25, 0.3) is 0 Å². The van der Waals surface area contributed by atoms with Crippen molar-refractivity contribution in [2.24, 2.45) is 17.8 Å². The second kappa shape index (κ2) is 4.67. The van der Waals surface area contributed by atoms with Crippen LogP contribution in [-0.2, 0) is 4.79 Å². The van der Waals surface area contributed by atoms with Crippen LogP contribution >= 0.6 is 15.9 Å². The SMILES string of the molecule is CCC(CC)(CBr)NC(=O)C1C2CCCC21. The van der Waals surface area contributed by atoms with E-state index in [4.69, 9.17) is 0 Å². The number of fused-ring (bicyclic) bond motifs is 1. The number of alkyl halides is 1. The number of rotatable bonds is 5. The Labute approximate surface area is 107 Å². The molecule has 0 spiro atoms. The highest BCUT2D eigenvalue weighted by molar-refractivity contribution is 9.09. The van der Waals surface area contributed by atoms with E-state index in [-0.39, 0.29) is 5.54 Å². The minimum absolute atomic E-state index is 0.0199. The molecule has 0 aromatic carbocycles. The first-order chi connectivity index (χ1) is 7.67. The van der Waals surface area contributed by atoms with Gasteiger partial charge in [0.25, 0.3) is 0 Å². The zero-order chi connectivity index (χ0) is 11.8. The van der Waals surface area contributed by atoms with Crippen molar-refractivity contribution in [3.63, 3.8) is 0 Å². The summed E-state index contributed by atoms with van der Waals surface area (Å²) in [6.07, 6.45) is 5.90. The molecule has 1 amide bonds. The number of carbonyl (C=O) groups excluding carboxylic acids is 1. The van der Waals surface area contributed by atoms with Gasteiger partial charge in [0.1, 0.15) is 0 Å². The van der Waals surface area contributed by atoms with Crippen LogP contribution in [0.4, 0.5) is 0 Å². The molecule has 2 aliphatic rings. The largest absolute Gasteiger partial charge is 0.350 e. The maximum atomic E-state index is 12.2. The summed E-state index contributed by atoms with van der Waals surface area (Å²) in [5.74, 6) is 2.12. The molecule has 2 rings (SSSR count). The van der Waals surface area contributed by atoms with Crippen LogP contribution in [0.15, 0.2) is 0 Å². The van der Waals surface area contributed by atoms with Crippen molar-refractivity contribution in [3.05, 3.63) is 0 Å². The normalized spacial score (nSPS) is 32.3. The number of halogens is 1. The van der Waals surface area contributed by atoms with Gasteiger partial charge in [0.15, 0.2) is 0 Å². The number of amides is 1. The topological polar surface area (TPSA) is 29.1 Å². The van der Waals surface area contributed by atoms with Gasteiger partial charge in [0.2, 0.25) is 5.91 Å². The van der Waals surface area contributed by atoms with Gasteiger partial charge in [0.05, 0.1) is 0 Å². The Morgan fingerprint density at radius 3 is 2.31 bits per heavy atom. The number of nitrogens with one attached hydrogen (secondary N) is 1. The fourth-order valence-corrected chi connectivity index (χ4v) is 4.14. The van der Waals surface area contributed by atoms with E-state index in [9.17, 15) is 4.79 Å². The highest BCUT2D eigenvalue weighted by Crippen LogP contribution is 2.57. The van der Waals surface area contributed by atoms with Crippen LogP contribution in [-0.4, -0.2) is 16.8 Å². The summed E-state index contributed by atoms with van der Waals surface area (Å²) in [4.78, 5) is 12.2. The summed E-state index contributed by atoms with van der Waals surface area (Å²) in [5, 5.41) is 4.15. The van der Waals surface area contributed by atoms with E-state index in [1.165, 1.54) is 19.3 Å². The van der Waals surface area contributed by atoms with Gasteiger partial charge >= 0.3 is 0 Å². The average Bonchev–Trinajstić information content (AvgIpc) is 2.81. The van der Waals surface area contributed by atoms with E-state index in [2.05, 4.69) is 35.1 Å². The molecule has 0 aromatic rings. The zero-order valence-electron chi connectivity index (χ0n) is 10.3. The summed E-state index contributed by atoms with van der Waals surface area (Å²) in [6.45, 7) is 4.30. The summed E-state index contributed by atoms with van der Waals surface area (Å²) in [6, 6.07) is 0. The third-order valence-electron chi connectivity index (χ3n) is 4.71. The van der Waals surface area contributed by atoms with Crippen molar-refractivity contribution in [2.45, 2.75) is 51.5 Å². The van der Waals surface area contributed by atoms with Gasteiger partial charge in [-0.2, -0.15) is 0 Å². The molecule has 2 aliphatic carbocycles. The molecule has 2 saturated carbocycles. The molecule has 2 fully saturated rings. The van der Waals surface area contributed by atoms with Crippen LogP contribution in [0.1, 0.15) is 46.0 Å². The van der Waals surface area contributed by atoms with Gasteiger partial charge in [0, 0.05) is 16.8 Å². The van der Waals surface area contributed by atoms with E-state index in [0.29, 0.717) is 11.8 Å². The lowest BCUT2D eigenvalue weighted by molar-refractivity contribution is -0.124. The fraction of sp³-hybridized carbons (Fsp3) is 0.923. The minimum atomic E-state index is -0.0199. The molecule has 2 unspecified atom stereocenters. The molecule has 1 N–H and O–H groups in total. The molecule has 0 radical (unpaired) electrons. The molecule has 0 bridgehead atoms. The first-order valence-electron chi connectivity index (χ1n) is 6.55. The number of hydrogen-bond donors (Lipinski definition) is 1. The monoisotopic (exact) mass is 287 g/mol. The average molecular weight is 288 g/mol. The molecular formula is C13H22BrNO. The molecule has 0 saturated heterocycles. The van der Waals surface area contributed by atoms with Gasteiger partial charge in [-0.15, -0.1) is 0 Å². The molecule has 2 atom stereocenters. The lowest BCUT2D eigenvalue weighted by atomic mass is 9.95. The molecule has 16 heavy (non-hydrogen) atoms. The van der Waals surface area contributed by atoms with Gasteiger partial charge in [-0.25, -0.2) is 0 Å². The Kier molecular flexibility index (Phi) is 3.62. The number of hydrogen-bond acceptors (Lipinski definition) is 1. The highest BCUT2D eigenvalue weighted by Gasteiger charge is 2.57. The first-order valence-corrected chi connectivity index (χ1v) is 7.67. The Hall–Kier alpha value is -0.0500. The predicted molar refractivity (Wildman–Crippen MR) is 69.6 cm³/mol. The zero-order valence-corrected chi connectivity index (χ0v) is 11.8. The van der Waals surface area contributed by atoms with Gasteiger partial charge in [-0.1, -0.05) is 36.2 Å². The van der Waals surface area contributed by atoms with Crippen LogP contribution in [0.3, 0.4) is 0 Å². The first kappa shape index (κ1) is 12.4. The molecule has 3 heteroatoms. The summed E-state index contributed by atoms with van der Waals surface area (Å²) in [7, 11) is 0. The smallest absolute Gasteiger partial charge is 0.224 e. The molecular weight excluding hydrogens is 266 g/mol. The van der Waals surface area contributed by atoms with Crippen molar-refractivity contribution in [1.82, 2.24) is 5.32 Å². The Balaban J connectivity index is 1.91. The molecule has 0 aromatic heterocycles. The molecule has 0 heterocycles. The van der Waals surface area contributed by atoms with E-state index in [0.717, 1.165) is 30.0 Å². The highest BCUT2D eigenvalue weighted by atomic mass is 79.9. The van der Waals surface area contributed by atoms with Crippen LogP contribution < -0.4 is 5.32 Å². The maximum absolute atomic E-state index is 12.2. The van der Waals surface area contributed by atoms with E-state index < -0.39 is 0 Å². The van der Waals surface area contributed by atoms with E-state index >= 15 is 0 Å². The Morgan fingerprint density at radius 1 is 1.31 bits per heavy atom. The minimum Gasteiger partial charge on any atom is -0.350 e. The lowest BCUT2D eigenvalue weighted by Gasteiger charge is -2.31. The van der Waals surface area contributed by atoms with E-state index in [1.54, 1.807) is 0 Å². The second-order valence-electron chi connectivity index (χ2n) is 5.39. The van der Waals surface area contributed by atoms with E-state index in [1.807, 2.05) is 0 Å². The van der Waals surface area contributed by atoms with Crippen LogP contribution in [0, 0.1) is 17.8 Å². The summed E-state index contributed by atoms with van der Waals surface area (Å²) >= 11 is 3.54. The van der Waals surface area contributed by atoms with Gasteiger partial charge < -0.3 is 5.32 Å². The standard InChI is InChI=1S/C13H22BrNO/c1-3-13(4-2,8-14)15-12(16)11-9-6-5-7-10(9)11/h9-11H,3-8H2,1-2H3,(H,15,16). The van der Waals surface area contributed by atoms with Crippen molar-refractivity contribution in [2.75, 3.05) is 5.33 Å². The third kappa shape index (κ3) is 2.03. The third-order valence-corrected chi connectivity index (χ3v) is 5.78. The second-order valence-corrected chi connectivity index (χ2v) is 5.96. The van der Waals surface area contributed by atoms with Crippen LogP contribution in [0.2, 0.25) is 0 Å². The van der Waals surface area contributed by atoms with Crippen LogP contribution in [0.5, 0.6) is 0 Å². The quantitative estimate of drug-likeness (QED) is 0.774. The summed E-state index contributed by atoms with van der Waals surface area (Å²) < 4.78 is 0. The maximum Gasteiger partial charge on any atom is 0.224 e. The number of carbonyl (C=O) groups is 1. The van der Waals surface area contributed by atoms with Crippen molar-refractivity contribution < 1.29 is 4.79 Å². The van der Waals surface area contributed by atoms with Crippen molar-refractivity contribution in [1.29, 1.82) is 0 Å². The Morgan fingerprint density at radius 2 is 1.88 bits per heavy atom. The Bertz CT molecular complexity index is 257. The van der Waals surface area contributed by atoms with Gasteiger partial charge in [-0.3, -0.25) is 4.79 Å². The fourth-order valence-electron chi connectivity index (χ4n) is 3.20. The lowest BCUT2D eigenvalue weighted by Crippen LogP contribution is -2.50. The van der Waals surface area contributed by atoms with Crippen molar-refractivity contribution >= 4 is 21.8 Å². The van der Waals surface area contributed by atoms with Gasteiger partial charge in [-0.05, 0) is 37.5 Å². The summed E-state index contributed by atoms with van der Waals surface area (Å²) in [5.41, 5.74) is -0.0199. The molecule has 0 aliphatic heterocycles. The predicted octanol–water partition coefficient (Wildman–Crippen LogP) is 3.10. The molecule has 92 valence electrons.